The predicted molar refractivity (Wildman–Crippen MR) is 75.7 cm³/mol. The number of amides is 1. The number of aliphatic imine (C=N–C) groups is 1. The Kier molecular flexibility index (Phi) is 6.21. The van der Waals surface area contributed by atoms with E-state index in [1.54, 1.807) is 45.5 Å². The summed E-state index contributed by atoms with van der Waals surface area (Å²) in [6.07, 6.45) is 0. The summed E-state index contributed by atoms with van der Waals surface area (Å²) in [5, 5.41) is 8.76. The first-order chi connectivity index (χ1) is 9.21. The highest BCUT2D eigenvalue weighted by atomic mass is 16.5. The second kappa shape index (κ2) is 7.97. The van der Waals surface area contributed by atoms with Gasteiger partial charge in [0.15, 0.2) is 5.96 Å². The number of ether oxygens (including phenoxy) is 1. The van der Waals surface area contributed by atoms with Crippen molar-refractivity contribution in [1.82, 2.24) is 16.0 Å². The SMILES string of the molecule is CN=C(NC)NCCNC(=O)c1ccc(OC)cc1. The Morgan fingerprint density at radius 3 is 2.37 bits per heavy atom. The van der Waals surface area contributed by atoms with Crippen molar-refractivity contribution < 1.29 is 9.53 Å². The van der Waals surface area contributed by atoms with Gasteiger partial charge in [0, 0.05) is 32.7 Å². The molecule has 0 aliphatic rings. The fraction of sp³-hybridized carbons (Fsp3) is 0.385. The molecule has 0 aliphatic carbocycles. The maximum Gasteiger partial charge on any atom is 0.251 e. The first-order valence-electron chi connectivity index (χ1n) is 6.02. The van der Waals surface area contributed by atoms with E-state index in [0.29, 0.717) is 24.6 Å². The minimum Gasteiger partial charge on any atom is -0.497 e. The molecule has 1 aromatic carbocycles. The van der Waals surface area contributed by atoms with Crippen molar-refractivity contribution in [1.29, 1.82) is 0 Å². The standard InChI is InChI=1S/C13H20N4O2/c1-14-13(15-2)17-9-8-16-12(18)10-4-6-11(19-3)7-5-10/h4-7H,8-9H2,1-3H3,(H,16,18)(H2,14,15,17). The molecule has 6 heteroatoms. The number of carbonyl (C=O) groups excluding carboxylic acids is 1. The quantitative estimate of drug-likeness (QED) is 0.404. The van der Waals surface area contributed by atoms with Gasteiger partial charge < -0.3 is 20.7 Å². The fourth-order valence-electron chi connectivity index (χ4n) is 1.48. The molecule has 0 aromatic heterocycles. The van der Waals surface area contributed by atoms with E-state index in [1.165, 1.54) is 0 Å². The molecule has 1 aromatic rings. The maximum absolute atomic E-state index is 11.8. The number of guanidine groups is 1. The second-order valence-electron chi connectivity index (χ2n) is 3.73. The molecule has 0 fully saturated rings. The first-order valence-corrected chi connectivity index (χ1v) is 6.02. The second-order valence-corrected chi connectivity index (χ2v) is 3.73. The van der Waals surface area contributed by atoms with Crippen molar-refractivity contribution in [2.24, 2.45) is 4.99 Å². The third-order valence-corrected chi connectivity index (χ3v) is 2.52. The van der Waals surface area contributed by atoms with Crippen LogP contribution in [0.1, 0.15) is 10.4 Å². The lowest BCUT2D eigenvalue weighted by atomic mass is 10.2. The Labute approximate surface area is 113 Å². The van der Waals surface area contributed by atoms with Gasteiger partial charge >= 0.3 is 0 Å². The lowest BCUT2D eigenvalue weighted by Gasteiger charge is -2.09. The Bertz CT molecular complexity index is 429. The Morgan fingerprint density at radius 2 is 1.84 bits per heavy atom. The van der Waals surface area contributed by atoms with Gasteiger partial charge in [0.2, 0.25) is 0 Å². The number of benzene rings is 1. The molecule has 0 saturated carbocycles. The van der Waals surface area contributed by atoms with Crippen LogP contribution in [0.15, 0.2) is 29.3 Å². The average molecular weight is 264 g/mol. The van der Waals surface area contributed by atoms with E-state index in [2.05, 4.69) is 20.9 Å². The number of nitrogens with one attached hydrogen (secondary N) is 3. The van der Waals surface area contributed by atoms with Gasteiger partial charge in [-0.25, -0.2) is 0 Å². The van der Waals surface area contributed by atoms with Crippen LogP contribution in [0.4, 0.5) is 0 Å². The van der Waals surface area contributed by atoms with Crippen molar-refractivity contribution in [2.45, 2.75) is 0 Å². The van der Waals surface area contributed by atoms with Crippen molar-refractivity contribution in [2.75, 3.05) is 34.3 Å². The van der Waals surface area contributed by atoms with Crippen molar-refractivity contribution in [3.8, 4) is 5.75 Å². The van der Waals surface area contributed by atoms with Gasteiger partial charge in [-0.3, -0.25) is 9.79 Å². The van der Waals surface area contributed by atoms with E-state index < -0.39 is 0 Å². The minimum absolute atomic E-state index is 0.108. The largest absolute Gasteiger partial charge is 0.497 e. The molecule has 0 aliphatic heterocycles. The van der Waals surface area contributed by atoms with Crippen molar-refractivity contribution in [3.05, 3.63) is 29.8 Å². The van der Waals surface area contributed by atoms with E-state index in [1.807, 2.05) is 0 Å². The van der Waals surface area contributed by atoms with Crippen molar-refractivity contribution in [3.63, 3.8) is 0 Å². The van der Waals surface area contributed by atoms with E-state index in [4.69, 9.17) is 4.74 Å². The van der Waals surface area contributed by atoms with Crippen LogP contribution in [0, 0.1) is 0 Å². The summed E-state index contributed by atoms with van der Waals surface area (Å²) in [7, 11) is 5.06. The Hall–Kier alpha value is -2.24. The van der Waals surface area contributed by atoms with Gasteiger partial charge in [0.05, 0.1) is 7.11 Å². The molecule has 19 heavy (non-hydrogen) atoms. The number of carbonyl (C=O) groups is 1. The number of nitrogens with zero attached hydrogens (tertiary/aromatic N) is 1. The van der Waals surface area contributed by atoms with Crippen LogP contribution in [0.25, 0.3) is 0 Å². The van der Waals surface area contributed by atoms with Gasteiger partial charge in [0.25, 0.3) is 5.91 Å². The molecule has 0 heterocycles. The van der Waals surface area contributed by atoms with Crippen LogP contribution in [-0.4, -0.2) is 46.2 Å². The zero-order valence-corrected chi connectivity index (χ0v) is 11.5. The zero-order valence-electron chi connectivity index (χ0n) is 11.5. The Balaban J connectivity index is 2.34. The summed E-state index contributed by atoms with van der Waals surface area (Å²) >= 11 is 0. The van der Waals surface area contributed by atoms with Crippen molar-refractivity contribution >= 4 is 11.9 Å². The van der Waals surface area contributed by atoms with Gasteiger partial charge in [-0.1, -0.05) is 0 Å². The molecule has 0 bridgehead atoms. The van der Waals surface area contributed by atoms with E-state index in [9.17, 15) is 4.79 Å². The molecule has 0 saturated heterocycles. The normalized spacial score (nSPS) is 10.8. The summed E-state index contributed by atoms with van der Waals surface area (Å²) in [5.74, 6) is 1.32. The third-order valence-electron chi connectivity index (χ3n) is 2.52. The van der Waals surface area contributed by atoms with Gasteiger partial charge in [-0.2, -0.15) is 0 Å². The minimum atomic E-state index is -0.108. The Morgan fingerprint density at radius 1 is 1.21 bits per heavy atom. The monoisotopic (exact) mass is 264 g/mol. The average Bonchev–Trinajstić information content (AvgIpc) is 2.47. The van der Waals surface area contributed by atoms with Crippen LogP contribution in [0.2, 0.25) is 0 Å². The lowest BCUT2D eigenvalue weighted by molar-refractivity contribution is 0.0954. The highest BCUT2D eigenvalue weighted by Gasteiger charge is 2.04. The van der Waals surface area contributed by atoms with E-state index >= 15 is 0 Å². The van der Waals surface area contributed by atoms with Crippen LogP contribution in [-0.2, 0) is 0 Å². The highest BCUT2D eigenvalue weighted by Crippen LogP contribution is 2.10. The smallest absolute Gasteiger partial charge is 0.251 e. The molecule has 0 unspecified atom stereocenters. The molecule has 0 spiro atoms. The maximum atomic E-state index is 11.8. The molecular formula is C13H20N4O2. The molecule has 104 valence electrons. The van der Waals surface area contributed by atoms with Gasteiger partial charge in [0.1, 0.15) is 5.75 Å². The van der Waals surface area contributed by atoms with Gasteiger partial charge in [-0.15, -0.1) is 0 Å². The molecule has 6 nitrogen and oxygen atoms in total. The molecule has 0 radical (unpaired) electrons. The molecule has 1 amide bonds. The summed E-state index contributed by atoms with van der Waals surface area (Å²) in [6, 6.07) is 6.98. The third kappa shape index (κ3) is 4.87. The molecule has 3 N–H and O–H groups in total. The van der Waals surface area contributed by atoms with Crippen LogP contribution < -0.4 is 20.7 Å². The molecule has 1 rings (SSSR count). The summed E-state index contributed by atoms with van der Waals surface area (Å²) in [5.41, 5.74) is 0.610. The number of hydrogen-bond donors (Lipinski definition) is 3. The van der Waals surface area contributed by atoms with Crippen LogP contribution in [0.3, 0.4) is 0 Å². The zero-order chi connectivity index (χ0) is 14.1. The van der Waals surface area contributed by atoms with E-state index in [-0.39, 0.29) is 5.91 Å². The lowest BCUT2D eigenvalue weighted by Crippen LogP contribution is -2.39. The molecule has 0 atom stereocenters. The predicted octanol–water partition coefficient (Wildman–Crippen LogP) is 0.220. The van der Waals surface area contributed by atoms with E-state index in [0.717, 1.165) is 5.75 Å². The highest BCUT2D eigenvalue weighted by molar-refractivity contribution is 5.94. The summed E-state index contributed by atoms with van der Waals surface area (Å²) in [6.45, 7) is 1.13. The van der Waals surface area contributed by atoms with Crippen LogP contribution >= 0.6 is 0 Å². The topological polar surface area (TPSA) is 74.8 Å². The first kappa shape index (κ1) is 14.8. The number of rotatable bonds is 5. The molecular weight excluding hydrogens is 244 g/mol. The number of hydrogen-bond acceptors (Lipinski definition) is 3. The summed E-state index contributed by atoms with van der Waals surface area (Å²) < 4.78 is 5.04. The fourth-order valence-corrected chi connectivity index (χ4v) is 1.48. The van der Waals surface area contributed by atoms with Gasteiger partial charge in [-0.05, 0) is 24.3 Å². The number of methoxy groups -OCH3 is 1. The summed E-state index contributed by atoms with van der Waals surface area (Å²) in [4.78, 5) is 15.8. The van der Waals surface area contributed by atoms with Crippen LogP contribution in [0.5, 0.6) is 5.75 Å².